The summed E-state index contributed by atoms with van der Waals surface area (Å²) in [4.78, 5) is 19.6. The quantitative estimate of drug-likeness (QED) is 0.778. The normalized spacial score (nSPS) is 10.8. The third kappa shape index (κ3) is 2.89. The minimum atomic E-state index is -0.945. The fraction of sp³-hybridized carbons (Fsp3) is 0.200. The molecule has 0 unspecified atom stereocenters. The van der Waals surface area contributed by atoms with Crippen LogP contribution >= 0.6 is 11.3 Å². The molecule has 0 fully saturated rings. The Kier molecular flexibility index (Phi) is 3.97. The Balaban J connectivity index is 1.80. The Hall–Kier alpha value is -2.54. The highest BCUT2D eigenvalue weighted by Crippen LogP contribution is 2.25. The van der Waals surface area contributed by atoms with Gasteiger partial charge in [0.1, 0.15) is 16.3 Å². The number of hydrogen-bond donors (Lipinski definition) is 1. The summed E-state index contributed by atoms with van der Waals surface area (Å²) >= 11 is 1.19. The second kappa shape index (κ2) is 6.07. The molecule has 22 heavy (non-hydrogen) atoms. The van der Waals surface area contributed by atoms with Crippen LogP contribution in [-0.2, 0) is 12.8 Å². The van der Waals surface area contributed by atoms with E-state index in [1.807, 2.05) is 25.1 Å². The monoisotopic (exact) mass is 315 g/mol. The van der Waals surface area contributed by atoms with E-state index >= 15 is 0 Å². The van der Waals surface area contributed by atoms with Crippen molar-refractivity contribution in [2.24, 2.45) is 0 Å². The summed E-state index contributed by atoms with van der Waals surface area (Å²) in [6.45, 7) is 1.86. The SMILES string of the molecule is Cc1onc(-c2ccccn2)c1CCc1ncc(C(=O)O)s1. The van der Waals surface area contributed by atoms with Gasteiger partial charge in [0.05, 0.1) is 16.9 Å². The molecule has 0 aliphatic heterocycles. The third-order valence-electron chi connectivity index (χ3n) is 3.25. The van der Waals surface area contributed by atoms with Crippen molar-refractivity contribution in [3.63, 3.8) is 0 Å². The number of thiazole rings is 1. The number of rotatable bonds is 5. The first-order valence-electron chi connectivity index (χ1n) is 6.69. The van der Waals surface area contributed by atoms with Gasteiger partial charge in [-0.3, -0.25) is 4.98 Å². The van der Waals surface area contributed by atoms with Gasteiger partial charge in [-0.25, -0.2) is 9.78 Å². The number of carboxylic acids is 1. The second-order valence-electron chi connectivity index (χ2n) is 4.70. The lowest BCUT2D eigenvalue weighted by molar-refractivity contribution is 0.0702. The second-order valence-corrected chi connectivity index (χ2v) is 5.82. The van der Waals surface area contributed by atoms with Gasteiger partial charge in [0.2, 0.25) is 0 Å². The van der Waals surface area contributed by atoms with Crippen molar-refractivity contribution >= 4 is 17.3 Å². The van der Waals surface area contributed by atoms with Crippen LogP contribution in [0.25, 0.3) is 11.4 Å². The van der Waals surface area contributed by atoms with E-state index in [1.165, 1.54) is 17.5 Å². The van der Waals surface area contributed by atoms with Gasteiger partial charge in [-0.1, -0.05) is 11.2 Å². The molecule has 0 radical (unpaired) electrons. The fourth-order valence-corrected chi connectivity index (χ4v) is 2.90. The van der Waals surface area contributed by atoms with E-state index in [4.69, 9.17) is 9.63 Å². The number of carboxylic acid groups (broad SMARTS) is 1. The first-order chi connectivity index (χ1) is 10.6. The number of carbonyl (C=O) groups is 1. The first kappa shape index (κ1) is 14.4. The Morgan fingerprint density at radius 2 is 2.18 bits per heavy atom. The van der Waals surface area contributed by atoms with Crippen molar-refractivity contribution in [2.45, 2.75) is 19.8 Å². The summed E-state index contributed by atoms with van der Waals surface area (Å²) in [5.41, 5.74) is 2.47. The topological polar surface area (TPSA) is 89.1 Å². The summed E-state index contributed by atoms with van der Waals surface area (Å²) in [6, 6.07) is 5.63. The predicted octanol–water partition coefficient (Wildman–Crippen LogP) is 2.98. The van der Waals surface area contributed by atoms with Crippen LogP contribution in [-0.4, -0.2) is 26.2 Å². The van der Waals surface area contributed by atoms with Gasteiger partial charge in [0.25, 0.3) is 0 Å². The average molecular weight is 315 g/mol. The molecule has 3 aromatic heterocycles. The van der Waals surface area contributed by atoms with Gasteiger partial charge >= 0.3 is 5.97 Å². The van der Waals surface area contributed by atoms with E-state index < -0.39 is 5.97 Å². The maximum atomic E-state index is 10.9. The number of aryl methyl sites for hydroxylation is 2. The molecular formula is C15H13N3O3S. The van der Waals surface area contributed by atoms with Crippen molar-refractivity contribution in [2.75, 3.05) is 0 Å². The fourth-order valence-electron chi connectivity index (χ4n) is 2.15. The molecule has 3 rings (SSSR count). The number of aromatic carboxylic acids is 1. The maximum Gasteiger partial charge on any atom is 0.347 e. The maximum absolute atomic E-state index is 10.9. The van der Waals surface area contributed by atoms with E-state index in [0.717, 1.165) is 27.7 Å². The van der Waals surface area contributed by atoms with Crippen LogP contribution in [0.2, 0.25) is 0 Å². The van der Waals surface area contributed by atoms with Crippen LogP contribution in [0, 0.1) is 6.92 Å². The lowest BCUT2D eigenvalue weighted by Gasteiger charge is -2.00. The zero-order valence-electron chi connectivity index (χ0n) is 11.8. The van der Waals surface area contributed by atoms with Crippen molar-refractivity contribution in [1.29, 1.82) is 0 Å². The molecule has 0 aliphatic rings. The molecule has 6 nitrogen and oxygen atoms in total. The van der Waals surface area contributed by atoms with Crippen molar-refractivity contribution in [1.82, 2.24) is 15.1 Å². The van der Waals surface area contributed by atoms with Gasteiger partial charge in [-0.2, -0.15) is 0 Å². The van der Waals surface area contributed by atoms with Crippen LogP contribution in [0.15, 0.2) is 35.1 Å². The number of hydrogen-bond acceptors (Lipinski definition) is 6. The zero-order valence-corrected chi connectivity index (χ0v) is 12.6. The molecule has 7 heteroatoms. The van der Waals surface area contributed by atoms with Gasteiger partial charge in [-0.15, -0.1) is 11.3 Å². The van der Waals surface area contributed by atoms with Crippen molar-refractivity contribution < 1.29 is 14.4 Å². The van der Waals surface area contributed by atoms with Gasteiger partial charge in [-0.05, 0) is 25.5 Å². The summed E-state index contributed by atoms with van der Waals surface area (Å²) in [5.74, 6) is -0.199. The molecule has 1 N–H and O–H groups in total. The summed E-state index contributed by atoms with van der Waals surface area (Å²) in [7, 11) is 0. The molecule has 112 valence electrons. The molecule has 0 aromatic carbocycles. The molecule has 0 bridgehead atoms. The summed E-state index contributed by atoms with van der Waals surface area (Å²) < 4.78 is 5.28. The van der Waals surface area contributed by atoms with E-state index in [9.17, 15) is 4.79 Å². The Morgan fingerprint density at radius 1 is 1.32 bits per heavy atom. The molecule has 0 saturated heterocycles. The number of pyridine rings is 1. The van der Waals surface area contributed by atoms with E-state index in [1.54, 1.807) is 6.20 Å². The molecular weight excluding hydrogens is 302 g/mol. The van der Waals surface area contributed by atoms with Crippen LogP contribution in [0.1, 0.15) is 26.0 Å². The number of aromatic nitrogens is 3. The highest BCUT2D eigenvalue weighted by molar-refractivity contribution is 7.13. The predicted molar refractivity (Wildman–Crippen MR) is 81.0 cm³/mol. The molecule has 0 amide bonds. The highest BCUT2D eigenvalue weighted by Gasteiger charge is 2.16. The molecule has 0 aliphatic carbocycles. The van der Waals surface area contributed by atoms with E-state index in [2.05, 4.69) is 15.1 Å². The minimum absolute atomic E-state index is 0.252. The van der Waals surface area contributed by atoms with Gasteiger partial charge in [0.15, 0.2) is 0 Å². The Bertz CT molecular complexity index is 795. The lowest BCUT2D eigenvalue weighted by atomic mass is 10.1. The molecule has 0 spiro atoms. The number of nitrogens with zero attached hydrogens (tertiary/aromatic N) is 3. The Labute approximate surface area is 130 Å². The highest BCUT2D eigenvalue weighted by atomic mass is 32.1. The van der Waals surface area contributed by atoms with Crippen LogP contribution in [0.3, 0.4) is 0 Å². The summed E-state index contributed by atoms with van der Waals surface area (Å²) in [5, 5.41) is 13.8. The third-order valence-corrected chi connectivity index (χ3v) is 4.29. The Morgan fingerprint density at radius 3 is 2.86 bits per heavy atom. The first-order valence-corrected chi connectivity index (χ1v) is 7.51. The van der Waals surface area contributed by atoms with Crippen molar-refractivity contribution in [3.8, 4) is 11.4 Å². The van der Waals surface area contributed by atoms with Gasteiger partial charge < -0.3 is 9.63 Å². The molecule has 0 saturated carbocycles. The smallest absolute Gasteiger partial charge is 0.347 e. The van der Waals surface area contributed by atoms with Gasteiger partial charge in [0, 0.05) is 18.2 Å². The summed E-state index contributed by atoms with van der Waals surface area (Å²) in [6.07, 6.45) is 4.42. The zero-order chi connectivity index (χ0) is 15.5. The molecule has 3 aromatic rings. The van der Waals surface area contributed by atoms with Crippen LogP contribution in [0.4, 0.5) is 0 Å². The van der Waals surface area contributed by atoms with Crippen molar-refractivity contribution in [3.05, 3.63) is 51.8 Å². The van der Waals surface area contributed by atoms with Crippen LogP contribution in [0.5, 0.6) is 0 Å². The van der Waals surface area contributed by atoms with E-state index in [-0.39, 0.29) is 4.88 Å². The van der Waals surface area contributed by atoms with Crippen LogP contribution < -0.4 is 0 Å². The lowest BCUT2D eigenvalue weighted by Crippen LogP contribution is -1.95. The minimum Gasteiger partial charge on any atom is -0.477 e. The molecule has 0 atom stereocenters. The standard InChI is InChI=1S/C15H13N3O3S/c1-9-10(5-6-13-17-8-12(22-13)15(19)20)14(18-21-9)11-4-2-3-7-16-11/h2-4,7-8H,5-6H2,1H3,(H,19,20). The molecule has 3 heterocycles. The average Bonchev–Trinajstić information content (AvgIpc) is 3.13. The largest absolute Gasteiger partial charge is 0.477 e. The van der Waals surface area contributed by atoms with E-state index in [0.29, 0.717) is 12.8 Å².